The molecular formula is C13H16N3O4. The molecular weight excluding hydrogens is 262 g/mol. The average Bonchev–Trinajstić information content (AvgIpc) is 2.49. The van der Waals surface area contributed by atoms with Crippen LogP contribution in [0.15, 0.2) is 24.3 Å². The molecule has 0 unspecified atom stereocenters. The topological polar surface area (TPSA) is 92.4 Å². The molecule has 0 fully saturated rings. The van der Waals surface area contributed by atoms with Crippen LogP contribution >= 0.6 is 0 Å². The molecule has 20 heavy (non-hydrogen) atoms. The number of nitrogens with zero attached hydrogens (tertiary/aromatic N) is 3. The highest BCUT2D eigenvalue weighted by Crippen LogP contribution is 2.38. The highest BCUT2D eigenvalue weighted by atomic mass is 16.6. The standard InChI is InChI=1S/C13H16N3O4/c1-12(2)13(3,4)15(18)11(14(12)17)9-7-5-6-8-10(9)16(19)20/h5-8H,1-4H3. The van der Waals surface area contributed by atoms with Crippen molar-refractivity contribution in [2.24, 2.45) is 0 Å². The van der Waals surface area contributed by atoms with Crippen LogP contribution in [0, 0.1) is 15.3 Å². The number of hydrogen-bond donors (Lipinski definition) is 0. The fourth-order valence-corrected chi connectivity index (χ4v) is 2.15. The average molecular weight is 278 g/mol. The van der Waals surface area contributed by atoms with E-state index in [1.807, 2.05) is 0 Å². The van der Waals surface area contributed by atoms with E-state index in [2.05, 4.69) is 0 Å². The largest absolute Gasteiger partial charge is 0.714 e. The molecule has 0 N–H and O–H groups in total. The molecule has 0 spiro atoms. The molecule has 107 valence electrons. The minimum atomic E-state index is -0.992. The molecule has 2 rings (SSSR count). The lowest BCUT2D eigenvalue weighted by Gasteiger charge is -2.32. The highest BCUT2D eigenvalue weighted by molar-refractivity contribution is 5.99. The SMILES string of the molecule is CC1(C)N([O])C(c2ccccc2[N+](=O)[O-])=[N+]([O-])C1(C)C. The van der Waals surface area contributed by atoms with Gasteiger partial charge in [0.05, 0.1) is 4.92 Å². The van der Waals surface area contributed by atoms with E-state index in [0.717, 1.165) is 0 Å². The molecule has 1 heterocycles. The molecule has 1 aliphatic heterocycles. The first-order chi connectivity index (χ1) is 9.12. The van der Waals surface area contributed by atoms with Crippen LogP contribution < -0.4 is 0 Å². The lowest BCUT2D eigenvalue weighted by atomic mass is 9.84. The molecule has 0 atom stereocenters. The predicted molar refractivity (Wildman–Crippen MR) is 71.5 cm³/mol. The zero-order chi connectivity index (χ0) is 15.3. The van der Waals surface area contributed by atoms with Gasteiger partial charge in [0.2, 0.25) is 0 Å². The lowest BCUT2D eigenvalue weighted by Crippen LogP contribution is -2.53. The van der Waals surface area contributed by atoms with Crippen molar-refractivity contribution in [3.63, 3.8) is 0 Å². The molecule has 0 saturated carbocycles. The van der Waals surface area contributed by atoms with Gasteiger partial charge in [0.25, 0.3) is 5.69 Å². The van der Waals surface area contributed by atoms with Crippen LogP contribution in [0.3, 0.4) is 0 Å². The molecule has 7 heteroatoms. The normalized spacial score (nSPS) is 20.4. The molecule has 0 amide bonds. The van der Waals surface area contributed by atoms with E-state index in [-0.39, 0.29) is 17.1 Å². The van der Waals surface area contributed by atoms with Crippen LogP contribution in [-0.2, 0) is 5.21 Å². The maximum atomic E-state index is 12.4. The Hall–Kier alpha value is -2.15. The molecule has 0 aliphatic carbocycles. The summed E-state index contributed by atoms with van der Waals surface area (Å²) < 4.78 is 0.572. The van der Waals surface area contributed by atoms with Gasteiger partial charge in [0, 0.05) is 11.3 Å². The van der Waals surface area contributed by atoms with Gasteiger partial charge in [-0.25, -0.2) is 0 Å². The van der Waals surface area contributed by atoms with E-state index in [1.165, 1.54) is 18.2 Å². The first-order valence-corrected chi connectivity index (χ1v) is 6.18. The Labute approximate surface area is 116 Å². The van der Waals surface area contributed by atoms with Crippen molar-refractivity contribution < 1.29 is 14.9 Å². The molecule has 1 radical (unpaired) electrons. The van der Waals surface area contributed by atoms with Gasteiger partial charge in [0.15, 0.2) is 5.54 Å². The van der Waals surface area contributed by atoms with Gasteiger partial charge in [-0.15, -0.1) is 0 Å². The number of benzene rings is 1. The van der Waals surface area contributed by atoms with Crippen LogP contribution in [0.2, 0.25) is 0 Å². The highest BCUT2D eigenvalue weighted by Gasteiger charge is 2.60. The molecule has 0 saturated heterocycles. The Balaban J connectivity index is 2.71. The number of amidine groups is 1. The van der Waals surface area contributed by atoms with Crippen molar-refractivity contribution >= 4 is 11.5 Å². The monoisotopic (exact) mass is 278 g/mol. The quantitative estimate of drug-likeness (QED) is 0.358. The fourth-order valence-electron chi connectivity index (χ4n) is 2.15. The number of hydrogen-bond acceptors (Lipinski definition) is 4. The van der Waals surface area contributed by atoms with Crippen LogP contribution in [0.25, 0.3) is 0 Å². The molecule has 1 aromatic carbocycles. The minimum absolute atomic E-state index is 0.0427. The predicted octanol–water partition coefficient (Wildman–Crippen LogP) is 2.07. The Morgan fingerprint density at radius 2 is 1.75 bits per heavy atom. The van der Waals surface area contributed by atoms with E-state index >= 15 is 0 Å². The van der Waals surface area contributed by atoms with Gasteiger partial charge in [-0.2, -0.15) is 0 Å². The lowest BCUT2D eigenvalue weighted by molar-refractivity contribution is -0.539. The van der Waals surface area contributed by atoms with E-state index in [4.69, 9.17) is 0 Å². The number of para-hydroxylation sites is 1. The van der Waals surface area contributed by atoms with Crippen LogP contribution in [-0.4, -0.2) is 31.6 Å². The summed E-state index contributed by atoms with van der Waals surface area (Å²) in [4.78, 5) is 10.5. The number of nitro benzene ring substituents is 1. The zero-order valence-corrected chi connectivity index (χ0v) is 11.8. The molecule has 1 aromatic rings. The van der Waals surface area contributed by atoms with E-state index in [9.17, 15) is 20.5 Å². The van der Waals surface area contributed by atoms with Crippen molar-refractivity contribution in [1.82, 2.24) is 5.06 Å². The van der Waals surface area contributed by atoms with Crippen LogP contribution in [0.1, 0.15) is 33.3 Å². The molecule has 0 aromatic heterocycles. The Morgan fingerprint density at radius 3 is 2.20 bits per heavy atom. The second kappa shape index (κ2) is 4.17. The minimum Gasteiger partial charge on any atom is -0.714 e. The third-order valence-electron chi connectivity index (χ3n) is 4.24. The maximum Gasteiger partial charge on any atom is 0.323 e. The number of rotatable bonds is 2. The number of nitro groups is 1. The van der Waals surface area contributed by atoms with Gasteiger partial charge in [0.1, 0.15) is 11.1 Å². The zero-order valence-electron chi connectivity index (χ0n) is 11.8. The second-order valence-corrected chi connectivity index (χ2v) is 5.80. The first-order valence-electron chi connectivity index (χ1n) is 6.18. The van der Waals surface area contributed by atoms with Crippen molar-refractivity contribution in [2.45, 2.75) is 38.8 Å². The van der Waals surface area contributed by atoms with Crippen LogP contribution in [0.5, 0.6) is 0 Å². The van der Waals surface area contributed by atoms with E-state index < -0.39 is 16.0 Å². The Bertz CT molecular complexity index is 607. The molecule has 7 nitrogen and oxygen atoms in total. The maximum absolute atomic E-state index is 12.4. The summed E-state index contributed by atoms with van der Waals surface area (Å²) >= 11 is 0. The van der Waals surface area contributed by atoms with Gasteiger partial charge < -0.3 is 5.21 Å². The summed E-state index contributed by atoms with van der Waals surface area (Å²) in [6.07, 6.45) is 0. The van der Waals surface area contributed by atoms with Crippen molar-refractivity contribution in [2.75, 3.05) is 0 Å². The van der Waals surface area contributed by atoms with Gasteiger partial charge >= 0.3 is 5.84 Å². The summed E-state index contributed by atoms with van der Waals surface area (Å²) in [6, 6.07) is 5.76. The van der Waals surface area contributed by atoms with Gasteiger partial charge in [-0.1, -0.05) is 17.2 Å². The van der Waals surface area contributed by atoms with Crippen molar-refractivity contribution in [3.8, 4) is 0 Å². The summed E-state index contributed by atoms with van der Waals surface area (Å²) in [5.41, 5.74) is -2.19. The Kier molecular flexibility index (Phi) is 2.98. The summed E-state index contributed by atoms with van der Waals surface area (Å²) in [5, 5.41) is 36.5. The Morgan fingerprint density at radius 1 is 1.20 bits per heavy atom. The van der Waals surface area contributed by atoms with Crippen LogP contribution in [0.4, 0.5) is 5.69 Å². The summed E-state index contributed by atoms with van der Waals surface area (Å²) in [6.45, 7) is 6.58. The third-order valence-corrected chi connectivity index (χ3v) is 4.24. The van der Waals surface area contributed by atoms with Gasteiger partial charge in [-0.3, -0.25) is 14.9 Å². The van der Waals surface area contributed by atoms with Crippen molar-refractivity contribution in [3.05, 3.63) is 45.2 Å². The van der Waals surface area contributed by atoms with Crippen molar-refractivity contribution in [1.29, 1.82) is 0 Å². The second-order valence-electron chi connectivity index (χ2n) is 5.80. The summed E-state index contributed by atoms with van der Waals surface area (Å²) in [7, 11) is 0. The fraction of sp³-hybridized carbons (Fsp3) is 0.462. The van der Waals surface area contributed by atoms with E-state index in [0.29, 0.717) is 9.80 Å². The number of hydroxylamine groups is 3. The third kappa shape index (κ3) is 1.66. The molecule has 1 aliphatic rings. The summed E-state index contributed by atoms with van der Waals surface area (Å²) in [5.74, 6) is -0.215. The van der Waals surface area contributed by atoms with Gasteiger partial charge in [-0.05, 0) is 33.8 Å². The van der Waals surface area contributed by atoms with E-state index in [1.54, 1.807) is 33.8 Å². The first kappa shape index (κ1) is 14.3. The smallest absolute Gasteiger partial charge is 0.323 e. The molecule has 0 bridgehead atoms.